The highest BCUT2D eigenvalue weighted by atomic mass is 79.9. The average Bonchev–Trinajstić information content (AvgIpc) is 2.32. The molecule has 2 rings (SSSR count). The van der Waals surface area contributed by atoms with Crippen molar-refractivity contribution < 1.29 is 0 Å². The molecule has 0 aliphatic carbocycles. The largest absolute Gasteiger partial charge is 0.320 e. The molecule has 0 amide bonds. The van der Waals surface area contributed by atoms with Gasteiger partial charge < -0.3 is 5.73 Å². The van der Waals surface area contributed by atoms with E-state index in [0.717, 1.165) is 4.47 Å². The summed E-state index contributed by atoms with van der Waals surface area (Å²) in [5, 5.41) is 0. The molecule has 2 heteroatoms. The van der Waals surface area contributed by atoms with Crippen LogP contribution in [-0.2, 0) is 0 Å². The lowest BCUT2D eigenvalue weighted by Gasteiger charge is -2.21. The average molecular weight is 332 g/mol. The predicted molar refractivity (Wildman–Crippen MR) is 90.3 cm³/mol. The van der Waals surface area contributed by atoms with Gasteiger partial charge >= 0.3 is 0 Å². The Kier molecular flexibility index (Phi) is 4.36. The van der Waals surface area contributed by atoms with Gasteiger partial charge in [0, 0.05) is 4.47 Å². The van der Waals surface area contributed by atoms with Crippen molar-refractivity contribution in [2.24, 2.45) is 5.73 Å². The summed E-state index contributed by atoms with van der Waals surface area (Å²) in [6, 6.07) is 8.71. The van der Waals surface area contributed by atoms with Crippen molar-refractivity contribution in [2.45, 2.75) is 40.7 Å². The lowest BCUT2D eigenvalue weighted by Crippen LogP contribution is -2.16. The second kappa shape index (κ2) is 5.71. The smallest absolute Gasteiger partial charge is 0.0559 e. The molecule has 0 aliphatic rings. The molecule has 20 heavy (non-hydrogen) atoms. The maximum absolute atomic E-state index is 6.57. The zero-order valence-electron chi connectivity index (χ0n) is 12.8. The minimum Gasteiger partial charge on any atom is -0.320 e. The molecule has 0 spiro atoms. The zero-order valence-corrected chi connectivity index (χ0v) is 14.4. The highest BCUT2D eigenvalue weighted by Crippen LogP contribution is 2.31. The predicted octanol–water partition coefficient (Wildman–Crippen LogP) is 5.04. The summed E-state index contributed by atoms with van der Waals surface area (Å²) in [6.45, 7) is 10.7. The Morgan fingerprint density at radius 2 is 1.35 bits per heavy atom. The molecule has 106 valence electrons. The number of nitrogens with two attached hydrogens (primary N) is 1. The van der Waals surface area contributed by atoms with Crippen molar-refractivity contribution in [3.63, 3.8) is 0 Å². The Hall–Kier alpha value is -1.12. The maximum atomic E-state index is 6.57. The van der Waals surface area contributed by atoms with Crippen LogP contribution in [0.1, 0.15) is 45.0 Å². The van der Waals surface area contributed by atoms with Crippen molar-refractivity contribution in [1.82, 2.24) is 0 Å². The summed E-state index contributed by atoms with van der Waals surface area (Å²) in [6.07, 6.45) is 0. The molecule has 2 aromatic rings. The lowest BCUT2D eigenvalue weighted by atomic mass is 9.88. The van der Waals surface area contributed by atoms with Crippen LogP contribution in [-0.4, -0.2) is 0 Å². The molecule has 0 aromatic heterocycles. The minimum absolute atomic E-state index is 0.0672. The fourth-order valence-corrected chi connectivity index (χ4v) is 3.43. The van der Waals surface area contributed by atoms with E-state index in [4.69, 9.17) is 5.73 Å². The van der Waals surface area contributed by atoms with Crippen molar-refractivity contribution in [3.05, 3.63) is 67.7 Å². The van der Waals surface area contributed by atoms with Crippen LogP contribution in [0.5, 0.6) is 0 Å². The van der Waals surface area contributed by atoms with Crippen LogP contribution >= 0.6 is 15.9 Å². The molecule has 0 heterocycles. The molecule has 0 saturated heterocycles. The molecule has 2 N–H and O–H groups in total. The molecule has 1 nitrogen and oxygen atoms in total. The number of hydrogen-bond donors (Lipinski definition) is 1. The topological polar surface area (TPSA) is 26.0 Å². The first-order chi connectivity index (χ1) is 9.31. The number of aryl methyl sites for hydroxylation is 5. The van der Waals surface area contributed by atoms with E-state index in [9.17, 15) is 0 Å². The first-order valence-corrected chi connectivity index (χ1v) is 7.70. The lowest BCUT2D eigenvalue weighted by molar-refractivity contribution is 0.839. The third-order valence-corrected chi connectivity index (χ3v) is 4.79. The molecule has 1 unspecified atom stereocenters. The van der Waals surface area contributed by atoms with E-state index in [0.29, 0.717) is 0 Å². The Labute approximate surface area is 130 Å². The number of hydrogen-bond acceptors (Lipinski definition) is 1. The molecular formula is C18H22BrN. The highest BCUT2D eigenvalue weighted by molar-refractivity contribution is 9.10. The van der Waals surface area contributed by atoms with Crippen LogP contribution in [0.2, 0.25) is 0 Å². The van der Waals surface area contributed by atoms with Crippen LogP contribution in [0, 0.1) is 34.6 Å². The molecular weight excluding hydrogens is 310 g/mol. The first kappa shape index (κ1) is 15.3. The Morgan fingerprint density at radius 3 is 1.90 bits per heavy atom. The van der Waals surface area contributed by atoms with Gasteiger partial charge in [-0.3, -0.25) is 0 Å². The van der Waals surface area contributed by atoms with E-state index >= 15 is 0 Å². The summed E-state index contributed by atoms with van der Waals surface area (Å²) >= 11 is 3.58. The van der Waals surface area contributed by atoms with Gasteiger partial charge in [-0.05, 0) is 74.1 Å². The van der Waals surface area contributed by atoms with Crippen molar-refractivity contribution in [1.29, 1.82) is 0 Å². The molecule has 0 saturated carbocycles. The monoisotopic (exact) mass is 331 g/mol. The van der Waals surface area contributed by atoms with Gasteiger partial charge in [0.05, 0.1) is 6.04 Å². The molecule has 0 radical (unpaired) electrons. The molecule has 1 atom stereocenters. The fourth-order valence-electron chi connectivity index (χ4n) is 2.98. The summed E-state index contributed by atoms with van der Waals surface area (Å²) in [4.78, 5) is 0. The van der Waals surface area contributed by atoms with Gasteiger partial charge in [-0.1, -0.05) is 39.7 Å². The van der Waals surface area contributed by atoms with Crippen LogP contribution in [0.3, 0.4) is 0 Å². The van der Waals surface area contributed by atoms with Crippen molar-refractivity contribution >= 4 is 15.9 Å². The third-order valence-electron chi connectivity index (χ3n) is 3.93. The first-order valence-electron chi connectivity index (χ1n) is 6.91. The van der Waals surface area contributed by atoms with Crippen LogP contribution in [0.4, 0.5) is 0 Å². The highest BCUT2D eigenvalue weighted by Gasteiger charge is 2.17. The molecule has 0 bridgehead atoms. The van der Waals surface area contributed by atoms with Gasteiger partial charge in [0.15, 0.2) is 0 Å². The van der Waals surface area contributed by atoms with Gasteiger partial charge in [0.2, 0.25) is 0 Å². The molecule has 2 aromatic carbocycles. The number of rotatable bonds is 2. The van der Waals surface area contributed by atoms with E-state index in [1.165, 1.54) is 38.9 Å². The third kappa shape index (κ3) is 2.82. The van der Waals surface area contributed by atoms with Crippen LogP contribution < -0.4 is 5.73 Å². The number of benzene rings is 2. The van der Waals surface area contributed by atoms with Gasteiger partial charge in [0.1, 0.15) is 0 Å². The second-order valence-electron chi connectivity index (χ2n) is 5.75. The Balaban J connectivity index is 2.57. The standard InChI is InChI=1S/C18H22BrN/c1-10-6-13(4)17(14(5)7-10)18(20)15-8-12(3)16(19)9-11(15)2/h6-9,18H,20H2,1-5H3. The van der Waals surface area contributed by atoms with Gasteiger partial charge in [-0.15, -0.1) is 0 Å². The normalized spacial score (nSPS) is 12.6. The molecule has 0 aliphatic heterocycles. The summed E-state index contributed by atoms with van der Waals surface area (Å²) in [5.41, 5.74) is 15.3. The second-order valence-corrected chi connectivity index (χ2v) is 6.60. The Morgan fingerprint density at radius 1 is 0.800 bits per heavy atom. The molecule has 0 fully saturated rings. The van der Waals surface area contributed by atoms with E-state index in [1.54, 1.807) is 0 Å². The van der Waals surface area contributed by atoms with E-state index in [2.05, 4.69) is 74.8 Å². The van der Waals surface area contributed by atoms with Crippen molar-refractivity contribution in [3.8, 4) is 0 Å². The SMILES string of the molecule is Cc1cc(C)c(C(N)c2cc(C)c(Br)cc2C)c(C)c1. The van der Waals surface area contributed by atoms with E-state index in [1.807, 2.05) is 0 Å². The van der Waals surface area contributed by atoms with Gasteiger partial charge in [-0.2, -0.15) is 0 Å². The summed E-state index contributed by atoms with van der Waals surface area (Å²) in [5.74, 6) is 0. The quantitative estimate of drug-likeness (QED) is 0.819. The van der Waals surface area contributed by atoms with E-state index in [-0.39, 0.29) is 6.04 Å². The maximum Gasteiger partial charge on any atom is 0.0559 e. The van der Waals surface area contributed by atoms with Crippen molar-refractivity contribution in [2.75, 3.05) is 0 Å². The van der Waals surface area contributed by atoms with Crippen LogP contribution in [0.25, 0.3) is 0 Å². The summed E-state index contributed by atoms with van der Waals surface area (Å²) in [7, 11) is 0. The zero-order chi connectivity index (χ0) is 15.0. The number of halogens is 1. The summed E-state index contributed by atoms with van der Waals surface area (Å²) < 4.78 is 1.14. The fraction of sp³-hybridized carbons (Fsp3) is 0.333. The van der Waals surface area contributed by atoms with E-state index < -0.39 is 0 Å². The van der Waals surface area contributed by atoms with Crippen LogP contribution in [0.15, 0.2) is 28.7 Å². The van der Waals surface area contributed by atoms with Gasteiger partial charge in [0.25, 0.3) is 0 Å². The van der Waals surface area contributed by atoms with Gasteiger partial charge in [-0.25, -0.2) is 0 Å². The Bertz CT molecular complexity index is 636. The minimum atomic E-state index is -0.0672.